The summed E-state index contributed by atoms with van der Waals surface area (Å²) >= 11 is 1.69. The number of carbonyl (C=O) groups is 1. The normalized spacial score (nSPS) is 12.4. The Morgan fingerprint density at radius 3 is 3.00 bits per heavy atom. The number of ether oxygens (including phenoxy) is 1. The molecular weight excluding hydrogens is 208 g/mol. The van der Waals surface area contributed by atoms with Gasteiger partial charge in [-0.25, -0.2) is 0 Å². The molecule has 1 rings (SSSR count). The second kappa shape index (κ2) is 6.62. The molecule has 0 fully saturated rings. The summed E-state index contributed by atoms with van der Waals surface area (Å²) in [7, 11) is 0. The lowest BCUT2D eigenvalue weighted by Crippen LogP contribution is -2.08. The molecule has 1 aromatic rings. The zero-order valence-corrected chi connectivity index (χ0v) is 10.2. The quantitative estimate of drug-likeness (QED) is 0.547. The van der Waals surface area contributed by atoms with Gasteiger partial charge in [0.25, 0.3) is 0 Å². The monoisotopic (exact) mass is 226 g/mol. The molecule has 1 unspecified atom stereocenters. The Bertz CT molecular complexity index is 280. The summed E-state index contributed by atoms with van der Waals surface area (Å²) in [6.45, 7) is 4.71. The van der Waals surface area contributed by atoms with Crippen molar-refractivity contribution in [1.29, 1.82) is 0 Å². The third kappa shape index (κ3) is 4.47. The first-order valence-corrected chi connectivity index (χ1v) is 6.31. The smallest absolute Gasteiger partial charge is 0.306 e. The van der Waals surface area contributed by atoms with Crippen molar-refractivity contribution in [3.05, 3.63) is 22.4 Å². The minimum atomic E-state index is -0.0793. The third-order valence-corrected chi connectivity index (χ3v) is 3.37. The summed E-state index contributed by atoms with van der Waals surface area (Å²) in [4.78, 5) is 12.7. The van der Waals surface area contributed by atoms with Crippen molar-refractivity contribution in [2.24, 2.45) is 0 Å². The van der Waals surface area contributed by atoms with E-state index in [1.807, 2.05) is 11.4 Å². The molecule has 3 heteroatoms. The van der Waals surface area contributed by atoms with Gasteiger partial charge in [0.05, 0.1) is 13.0 Å². The van der Waals surface area contributed by atoms with Crippen LogP contribution in [0, 0.1) is 0 Å². The number of unbranched alkanes of at least 4 members (excludes halogenated alkanes) is 1. The highest BCUT2D eigenvalue weighted by Crippen LogP contribution is 2.23. The zero-order chi connectivity index (χ0) is 11.1. The van der Waals surface area contributed by atoms with E-state index in [0.29, 0.717) is 13.0 Å². The number of carbonyl (C=O) groups excluding carboxylic acids is 1. The van der Waals surface area contributed by atoms with Gasteiger partial charge in [0.15, 0.2) is 0 Å². The van der Waals surface area contributed by atoms with Crippen LogP contribution in [0.15, 0.2) is 17.5 Å². The average Bonchev–Trinajstić information content (AvgIpc) is 2.70. The molecule has 0 saturated carbocycles. The molecule has 2 nitrogen and oxygen atoms in total. The van der Waals surface area contributed by atoms with E-state index in [0.717, 1.165) is 12.8 Å². The van der Waals surface area contributed by atoms with E-state index in [-0.39, 0.29) is 11.9 Å². The van der Waals surface area contributed by atoms with Crippen LogP contribution in [0.25, 0.3) is 0 Å². The van der Waals surface area contributed by atoms with E-state index >= 15 is 0 Å². The molecule has 0 aliphatic heterocycles. The highest BCUT2D eigenvalue weighted by atomic mass is 32.1. The Morgan fingerprint density at radius 2 is 2.40 bits per heavy atom. The standard InChI is InChI=1S/C12H18O2S/c1-3-4-7-14-12(13)9-10(2)11-6-5-8-15-11/h5-6,8,10H,3-4,7,9H2,1-2H3. The lowest BCUT2D eigenvalue weighted by molar-refractivity contribution is -0.144. The molecule has 15 heavy (non-hydrogen) atoms. The first-order chi connectivity index (χ1) is 7.24. The van der Waals surface area contributed by atoms with Gasteiger partial charge in [0.1, 0.15) is 0 Å². The fraction of sp³-hybridized carbons (Fsp3) is 0.583. The predicted octanol–water partition coefficient (Wildman–Crippen LogP) is 3.59. The van der Waals surface area contributed by atoms with E-state index in [1.165, 1.54) is 4.88 Å². The molecule has 84 valence electrons. The summed E-state index contributed by atoms with van der Waals surface area (Å²) in [5, 5.41) is 2.04. The summed E-state index contributed by atoms with van der Waals surface area (Å²) < 4.78 is 5.12. The SMILES string of the molecule is CCCCOC(=O)CC(C)c1cccs1. The lowest BCUT2D eigenvalue weighted by atomic mass is 10.1. The fourth-order valence-electron chi connectivity index (χ4n) is 1.31. The molecular formula is C12H18O2S. The predicted molar refractivity (Wildman–Crippen MR) is 63.2 cm³/mol. The summed E-state index contributed by atoms with van der Waals surface area (Å²) in [6.07, 6.45) is 2.51. The third-order valence-electron chi connectivity index (χ3n) is 2.26. The Labute approximate surface area is 95.3 Å². The minimum absolute atomic E-state index is 0.0793. The van der Waals surface area contributed by atoms with E-state index in [1.54, 1.807) is 11.3 Å². The Kier molecular flexibility index (Phi) is 5.40. The van der Waals surface area contributed by atoms with Gasteiger partial charge in [0, 0.05) is 10.8 Å². The molecule has 0 aromatic carbocycles. The first kappa shape index (κ1) is 12.2. The second-order valence-electron chi connectivity index (χ2n) is 3.69. The number of thiophene rings is 1. The molecule has 0 spiro atoms. The van der Waals surface area contributed by atoms with Gasteiger partial charge in [-0.15, -0.1) is 11.3 Å². The van der Waals surface area contributed by atoms with Gasteiger partial charge in [0.2, 0.25) is 0 Å². The Balaban J connectivity index is 2.26. The lowest BCUT2D eigenvalue weighted by Gasteiger charge is -2.08. The molecule has 0 radical (unpaired) electrons. The van der Waals surface area contributed by atoms with Crippen LogP contribution in [0.1, 0.15) is 43.9 Å². The van der Waals surface area contributed by atoms with Crippen LogP contribution in [-0.2, 0) is 9.53 Å². The first-order valence-electron chi connectivity index (χ1n) is 5.43. The number of esters is 1. The van der Waals surface area contributed by atoms with Crippen LogP contribution in [0.3, 0.4) is 0 Å². The Hall–Kier alpha value is -0.830. The molecule has 1 aromatic heterocycles. The topological polar surface area (TPSA) is 26.3 Å². The van der Waals surface area contributed by atoms with Crippen molar-refractivity contribution in [2.45, 2.75) is 39.0 Å². The molecule has 0 saturated heterocycles. The van der Waals surface area contributed by atoms with Crippen molar-refractivity contribution < 1.29 is 9.53 Å². The minimum Gasteiger partial charge on any atom is -0.466 e. The number of hydrogen-bond acceptors (Lipinski definition) is 3. The van der Waals surface area contributed by atoms with Crippen LogP contribution >= 0.6 is 11.3 Å². The Morgan fingerprint density at radius 1 is 1.60 bits per heavy atom. The van der Waals surface area contributed by atoms with Crippen LogP contribution in [-0.4, -0.2) is 12.6 Å². The molecule has 0 N–H and O–H groups in total. The van der Waals surface area contributed by atoms with Gasteiger partial charge in [-0.3, -0.25) is 4.79 Å². The van der Waals surface area contributed by atoms with Gasteiger partial charge < -0.3 is 4.74 Å². The highest BCUT2D eigenvalue weighted by Gasteiger charge is 2.12. The highest BCUT2D eigenvalue weighted by molar-refractivity contribution is 7.10. The van der Waals surface area contributed by atoms with Crippen LogP contribution in [0.5, 0.6) is 0 Å². The van der Waals surface area contributed by atoms with Crippen molar-refractivity contribution in [3.8, 4) is 0 Å². The zero-order valence-electron chi connectivity index (χ0n) is 9.36. The van der Waals surface area contributed by atoms with Gasteiger partial charge in [-0.1, -0.05) is 26.3 Å². The van der Waals surface area contributed by atoms with Gasteiger partial charge in [-0.05, 0) is 17.9 Å². The van der Waals surface area contributed by atoms with Crippen LogP contribution in [0.2, 0.25) is 0 Å². The molecule has 0 amide bonds. The second-order valence-corrected chi connectivity index (χ2v) is 4.67. The van der Waals surface area contributed by atoms with E-state index in [4.69, 9.17) is 4.74 Å². The van der Waals surface area contributed by atoms with Crippen molar-refractivity contribution in [1.82, 2.24) is 0 Å². The molecule has 0 aliphatic carbocycles. The van der Waals surface area contributed by atoms with Gasteiger partial charge >= 0.3 is 5.97 Å². The summed E-state index contributed by atoms with van der Waals surface area (Å²) in [6, 6.07) is 4.08. The number of rotatable bonds is 6. The maximum Gasteiger partial charge on any atom is 0.306 e. The van der Waals surface area contributed by atoms with Crippen LogP contribution < -0.4 is 0 Å². The van der Waals surface area contributed by atoms with E-state index in [9.17, 15) is 4.79 Å². The molecule has 1 heterocycles. The average molecular weight is 226 g/mol. The fourth-order valence-corrected chi connectivity index (χ4v) is 2.10. The van der Waals surface area contributed by atoms with Crippen LogP contribution in [0.4, 0.5) is 0 Å². The van der Waals surface area contributed by atoms with E-state index < -0.39 is 0 Å². The summed E-state index contributed by atoms with van der Waals surface area (Å²) in [5.74, 6) is 0.198. The largest absolute Gasteiger partial charge is 0.466 e. The maximum absolute atomic E-state index is 11.4. The van der Waals surface area contributed by atoms with Gasteiger partial charge in [-0.2, -0.15) is 0 Å². The summed E-state index contributed by atoms with van der Waals surface area (Å²) in [5.41, 5.74) is 0. The molecule has 0 bridgehead atoms. The van der Waals surface area contributed by atoms with Crippen molar-refractivity contribution in [2.75, 3.05) is 6.61 Å². The molecule has 0 aliphatic rings. The number of hydrogen-bond donors (Lipinski definition) is 0. The maximum atomic E-state index is 11.4. The van der Waals surface area contributed by atoms with E-state index in [2.05, 4.69) is 19.9 Å². The van der Waals surface area contributed by atoms with Crippen molar-refractivity contribution >= 4 is 17.3 Å². The van der Waals surface area contributed by atoms with Crippen molar-refractivity contribution in [3.63, 3.8) is 0 Å². The molecule has 1 atom stereocenters.